The molecule has 14 heteroatoms. The lowest BCUT2D eigenvalue weighted by Crippen LogP contribution is -2.58. The average Bonchev–Trinajstić information content (AvgIpc) is 3.17. The molecule has 0 aliphatic heterocycles. The molecule has 1 heterocycles. The SMILES string of the molecule is CC(N)C(=O)NC(CC(N)=O)C(=O)NC(CS)C(=O)NC(Cc1cnc[nH]1)C(=O)O. The summed E-state index contributed by atoms with van der Waals surface area (Å²) in [6.45, 7) is 1.38. The molecule has 1 aromatic heterocycles. The maximum absolute atomic E-state index is 12.5. The van der Waals surface area contributed by atoms with Gasteiger partial charge in [-0.25, -0.2) is 9.78 Å². The van der Waals surface area contributed by atoms with Crippen LogP contribution in [0.3, 0.4) is 0 Å². The molecule has 166 valence electrons. The molecule has 0 fully saturated rings. The first kappa shape index (κ1) is 24.9. The Balaban J connectivity index is 2.83. The molecule has 0 aliphatic carbocycles. The number of nitrogens with two attached hydrogens (primary N) is 2. The van der Waals surface area contributed by atoms with Crippen LogP contribution in [0.2, 0.25) is 0 Å². The number of nitrogens with zero attached hydrogens (tertiary/aromatic N) is 1. The maximum atomic E-state index is 12.5. The number of rotatable bonds is 12. The van der Waals surface area contributed by atoms with Crippen molar-refractivity contribution in [3.8, 4) is 0 Å². The fraction of sp³-hybridized carbons (Fsp3) is 0.500. The maximum Gasteiger partial charge on any atom is 0.326 e. The van der Waals surface area contributed by atoms with E-state index in [0.717, 1.165) is 0 Å². The first-order valence-electron chi connectivity index (χ1n) is 8.81. The van der Waals surface area contributed by atoms with Crippen molar-refractivity contribution >= 4 is 42.2 Å². The van der Waals surface area contributed by atoms with Crippen molar-refractivity contribution in [2.45, 2.75) is 43.9 Å². The van der Waals surface area contributed by atoms with Crippen LogP contribution in [0.5, 0.6) is 0 Å². The van der Waals surface area contributed by atoms with Crippen LogP contribution in [0.1, 0.15) is 19.0 Å². The third-order valence-corrected chi connectivity index (χ3v) is 4.23. The highest BCUT2D eigenvalue weighted by molar-refractivity contribution is 7.80. The number of amides is 4. The third kappa shape index (κ3) is 8.08. The molecule has 0 radical (unpaired) electrons. The summed E-state index contributed by atoms with van der Waals surface area (Å²) in [5, 5.41) is 16.2. The summed E-state index contributed by atoms with van der Waals surface area (Å²) >= 11 is 4.00. The summed E-state index contributed by atoms with van der Waals surface area (Å²) in [6, 6.07) is -4.85. The average molecular weight is 443 g/mol. The smallest absolute Gasteiger partial charge is 0.326 e. The van der Waals surface area contributed by atoms with Gasteiger partial charge in [-0.1, -0.05) is 0 Å². The van der Waals surface area contributed by atoms with Crippen LogP contribution in [0.15, 0.2) is 12.5 Å². The number of carbonyl (C=O) groups is 5. The van der Waals surface area contributed by atoms with Crippen LogP contribution in [0.25, 0.3) is 0 Å². The van der Waals surface area contributed by atoms with E-state index in [1.54, 1.807) is 0 Å². The van der Waals surface area contributed by atoms with Crippen molar-refractivity contribution < 1.29 is 29.1 Å². The van der Waals surface area contributed by atoms with Crippen LogP contribution in [-0.2, 0) is 30.4 Å². The molecule has 30 heavy (non-hydrogen) atoms. The summed E-state index contributed by atoms with van der Waals surface area (Å²) in [5.74, 6) is -4.73. The van der Waals surface area contributed by atoms with Gasteiger partial charge in [0, 0.05) is 24.1 Å². The number of aliphatic carboxylic acids is 1. The number of aromatic nitrogens is 2. The summed E-state index contributed by atoms with van der Waals surface area (Å²) in [5.41, 5.74) is 11.0. The van der Waals surface area contributed by atoms with Gasteiger partial charge in [-0.05, 0) is 6.92 Å². The number of hydrogen-bond donors (Lipinski definition) is 8. The third-order valence-electron chi connectivity index (χ3n) is 3.86. The van der Waals surface area contributed by atoms with Gasteiger partial charge in [-0.2, -0.15) is 12.6 Å². The van der Waals surface area contributed by atoms with Crippen LogP contribution in [0, 0.1) is 0 Å². The molecule has 0 aliphatic rings. The Morgan fingerprint density at radius 3 is 2.13 bits per heavy atom. The number of thiol groups is 1. The van der Waals surface area contributed by atoms with E-state index in [4.69, 9.17) is 11.5 Å². The number of nitrogens with one attached hydrogen (secondary N) is 4. The number of aromatic amines is 1. The summed E-state index contributed by atoms with van der Waals surface area (Å²) in [7, 11) is 0. The van der Waals surface area contributed by atoms with Gasteiger partial charge in [-0.15, -0.1) is 0 Å². The second-order valence-corrected chi connectivity index (χ2v) is 6.81. The van der Waals surface area contributed by atoms with E-state index in [1.807, 2.05) is 0 Å². The summed E-state index contributed by atoms with van der Waals surface area (Å²) in [6.07, 6.45) is 2.18. The number of primary amides is 1. The minimum absolute atomic E-state index is 0.0664. The number of carboxylic acids is 1. The van der Waals surface area contributed by atoms with E-state index >= 15 is 0 Å². The van der Waals surface area contributed by atoms with E-state index < -0.39 is 60.2 Å². The topological polar surface area (TPSA) is 222 Å². The molecule has 0 saturated carbocycles. The molecular weight excluding hydrogens is 418 g/mol. The van der Waals surface area contributed by atoms with Gasteiger partial charge in [0.25, 0.3) is 0 Å². The van der Waals surface area contributed by atoms with Gasteiger partial charge in [-0.3, -0.25) is 19.2 Å². The molecule has 13 nitrogen and oxygen atoms in total. The van der Waals surface area contributed by atoms with Gasteiger partial charge in [0.1, 0.15) is 18.1 Å². The van der Waals surface area contributed by atoms with E-state index in [9.17, 15) is 29.1 Å². The lowest BCUT2D eigenvalue weighted by Gasteiger charge is -2.23. The van der Waals surface area contributed by atoms with Crippen molar-refractivity contribution in [2.24, 2.45) is 11.5 Å². The Labute approximate surface area is 177 Å². The van der Waals surface area contributed by atoms with Crippen LogP contribution in [0.4, 0.5) is 0 Å². The zero-order chi connectivity index (χ0) is 22.8. The molecule has 4 unspecified atom stereocenters. The van der Waals surface area contributed by atoms with Gasteiger partial charge in [0.2, 0.25) is 23.6 Å². The fourth-order valence-electron chi connectivity index (χ4n) is 2.27. The van der Waals surface area contributed by atoms with E-state index in [-0.39, 0.29) is 12.2 Å². The zero-order valence-corrected chi connectivity index (χ0v) is 17.0. The minimum atomic E-state index is -1.36. The van der Waals surface area contributed by atoms with Crippen LogP contribution in [-0.4, -0.2) is 74.6 Å². The second-order valence-electron chi connectivity index (χ2n) is 6.44. The van der Waals surface area contributed by atoms with Gasteiger partial charge in [0.15, 0.2) is 0 Å². The number of carboxylic acid groups (broad SMARTS) is 1. The van der Waals surface area contributed by atoms with Crippen LogP contribution >= 0.6 is 12.6 Å². The van der Waals surface area contributed by atoms with E-state index in [2.05, 4.69) is 38.5 Å². The lowest BCUT2D eigenvalue weighted by atomic mass is 10.1. The Bertz CT molecular complexity index is 770. The highest BCUT2D eigenvalue weighted by Crippen LogP contribution is 2.02. The molecule has 0 bridgehead atoms. The molecule has 9 N–H and O–H groups in total. The quantitative estimate of drug-likeness (QED) is 0.152. The van der Waals surface area contributed by atoms with Crippen molar-refractivity contribution in [3.63, 3.8) is 0 Å². The second kappa shape index (κ2) is 11.8. The van der Waals surface area contributed by atoms with Crippen molar-refractivity contribution in [1.82, 2.24) is 25.9 Å². The van der Waals surface area contributed by atoms with Crippen LogP contribution < -0.4 is 27.4 Å². The van der Waals surface area contributed by atoms with E-state index in [0.29, 0.717) is 5.69 Å². The van der Waals surface area contributed by atoms with Gasteiger partial charge in [0.05, 0.1) is 18.8 Å². The molecule has 1 rings (SSSR count). The predicted octanol–water partition coefficient (Wildman–Crippen LogP) is -3.36. The first-order valence-corrected chi connectivity index (χ1v) is 9.44. The normalized spacial score (nSPS) is 14.6. The Hall–Kier alpha value is -3.13. The largest absolute Gasteiger partial charge is 0.480 e. The van der Waals surface area contributed by atoms with Crippen molar-refractivity contribution in [1.29, 1.82) is 0 Å². The molecule has 4 amide bonds. The predicted molar refractivity (Wildman–Crippen MR) is 107 cm³/mol. The lowest BCUT2D eigenvalue weighted by molar-refractivity contribution is -0.142. The monoisotopic (exact) mass is 443 g/mol. The highest BCUT2D eigenvalue weighted by Gasteiger charge is 2.30. The Morgan fingerprint density at radius 1 is 1.10 bits per heavy atom. The number of carbonyl (C=O) groups excluding carboxylic acids is 4. The van der Waals surface area contributed by atoms with Crippen molar-refractivity contribution in [2.75, 3.05) is 5.75 Å². The fourth-order valence-corrected chi connectivity index (χ4v) is 2.53. The summed E-state index contributed by atoms with van der Waals surface area (Å²) in [4.78, 5) is 65.9. The number of imidazole rings is 1. The zero-order valence-electron chi connectivity index (χ0n) is 16.1. The van der Waals surface area contributed by atoms with Crippen molar-refractivity contribution in [3.05, 3.63) is 18.2 Å². The molecule has 1 aromatic rings. The molecule has 4 atom stereocenters. The highest BCUT2D eigenvalue weighted by atomic mass is 32.1. The molecule has 0 saturated heterocycles. The summed E-state index contributed by atoms with van der Waals surface area (Å²) < 4.78 is 0. The Morgan fingerprint density at radius 2 is 1.67 bits per heavy atom. The standard InChI is InChI=1S/C16H25N7O6S/c1-7(17)13(25)21-9(3-12(18)24)14(26)23-11(5-30)15(27)22-10(16(28)29)2-8-4-19-6-20-8/h4,6-7,9-11,30H,2-3,5,17H2,1H3,(H2,18,24)(H,19,20)(H,21,25)(H,22,27)(H,23,26)(H,28,29). The number of H-pyrrole nitrogens is 1. The van der Waals surface area contributed by atoms with E-state index in [1.165, 1.54) is 19.4 Å². The molecular formula is C16H25N7O6S. The molecule has 0 spiro atoms. The minimum Gasteiger partial charge on any atom is -0.480 e. The number of hydrogen-bond acceptors (Lipinski definition) is 8. The Kier molecular flexibility index (Phi) is 9.77. The van der Waals surface area contributed by atoms with Gasteiger partial charge >= 0.3 is 5.97 Å². The molecule has 0 aromatic carbocycles. The first-order chi connectivity index (χ1) is 14.0. The van der Waals surface area contributed by atoms with Gasteiger partial charge < -0.3 is 37.5 Å².